The van der Waals surface area contributed by atoms with Gasteiger partial charge in [0.1, 0.15) is 41.1 Å². The summed E-state index contributed by atoms with van der Waals surface area (Å²) in [5.41, 5.74) is 0.153. The summed E-state index contributed by atoms with van der Waals surface area (Å²) in [5.74, 6) is -4.98. The van der Waals surface area contributed by atoms with Crippen LogP contribution in [-0.4, -0.2) is 153 Å². The van der Waals surface area contributed by atoms with Gasteiger partial charge in [0, 0.05) is 19.4 Å². The van der Waals surface area contributed by atoms with Crippen molar-refractivity contribution in [1.29, 1.82) is 0 Å². The molecule has 2 fully saturated rings. The van der Waals surface area contributed by atoms with Crippen molar-refractivity contribution >= 4 is 41.1 Å². The van der Waals surface area contributed by atoms with Gasteiger partial charge in [-0.15, -0.1) is 0 Å². The molecule has 0 bridgehead atoms. The molecule has 0 spiro atoms. The van der Waals surface area contributed by atoms with Crippen LogP contribution in [-0.2, 0) is 47.5 Å². The average molecular weight is 1040 g/mol. The number of benzene rings is 1. The number of ether oxygens (including phenoxy) is 8. The largest absolute Gasteiger partial charge is 0.505 e. The second-order valence-electron chi connectivity index (χ2n) is 19.2. The molecule has 0 radical (unpaired) electrons. The summed E-state index contributed by atoms with van der Waals surface area (Å²) in [6, 6.07) is 0. The third-order valence-electron chi connectivity index (χ3n) is 12.8. The summed E-state index contributed by atoms with van der Waals surface area (Å²) in [7, 11) is 1.26. The lowest BCUT2D eigenvalue weighted by molar-refractivity contribution is -0.333. The molecule has 71 heavy (non-hydrogen) atoms. The Morgan fingerprint density at radius 2 is 1.56 bits per heavy atom. The predicted octanol–water partition coefficient (Wildman–Crippen LogP) is 5.98. The van der Waals surface area contributed by atoms with Gasteiger partial charge in [-0.3, -0.25) is 4.79 Å². The Morgan fingerprint density at radius 3 is 2.17 bits per heavy atom. The molecule has 1 aromatic rings. The lowest BCUT2D eigenvalue weighted by Crippen LogP contribution is -2.64. The van der Waals surface area contributed by atoms with Crippen LogP contribution >= 0.6 is 23.2 Å². The Morgan fingerprint density at radius 1 is 0.901 bits per heavy atom. The minimum absolute atomic E-state index is 0.0290. The van der Waals surface area contributed by atoms with Gasteiger partial charge in [-0.05, 0) is 91.0 Å². The van der Waals surface area contributed by atoms with Crippen LogP contribution in [0.1, 0.15) is 104 Å². The number of aromatic hydroxyl groups is 2. The van der Waals surface area contributed by atoms with E-state index in [4.69, 9.17) is 61.1 Å². The number of allylic oxidation sites excluding steroid dienone is 4. The molecule has 0 saturated carbocycles. The number of esters is 3. The quantitative estimate of drug-likeness (QED) is 0.0721. The maximum absolute atomic E-state index is 13.9. The Kier molecular flexibility index (Phi) is 21.7. The second kappa shape index (κ2) is 25.9. The van der Waals surface area contributed by atoms with Gasteiger partial charge in [-0.1, -0.05) is 79.9 Å². The Labute approximate surface area is 425 Å². The average Bonchev–Trinajstić information content (AvgIpc) is 3.30. The molecule has 5 unspecified atom stereocenters. The van der Waals surface area contributed by atoms with Gasteiger partial charge in [0.25, 0.3) is 0 Å². The summed E-state index contributed by atoms with van der Waals surface area (Å²) in [5, 5.41) is 75.7. The van der Waals surface area contributed by atoms with Crippen molar-refractivity contribution in [2.24, 2.45) is 11.8 Å². The summed E-state index contributed by atoms with van der Waals surface area (Å²) >= 11 is 12.1. The Bertz CT molecular complexity index is 2170. The van der Waals surface area contributed by atoms with Crippen LogP contribution in [0.15, 0.2) is 58.7 Å². The van der Waals surface area contributed by atoms with Crippen molar-refractivity contribution in [2.45, 2.75) is 181 Å². The number of halogens is 2. The van der Waals surface area contributed by atoms with Crippen LogP contribution in [0.3, 0.4) is 0 Å². The monoisotopic (exact) mass is 1040 g/mol. The molecule has 0 amide bonds. The molecule has 2 saturated heterocycles. The summed E-state index contributed by atoms with van der Waals surface area (Å²) in [6.45, 7) is 17.7. The van der Waals surface area contributed by atoms with E-state index < -0.39 is 144 Å². The van der Waals surface area contributed by atoms with E-state index in [1.54, 1.807) is 46.8 Å². The van der Waals surface area contributed by atoms with E-state index in [-0.39, 0.29) is 29.0 Å². The number of hydrogen-bond acceptors (Lipinski definition) is 18. The number of carbonyl (C=O) groups excluding carboxylic acids is 3. The van der Waals surface area contributed by atoms with Gasteiger partial charge in [-0.2, -0.15) is 0 Å². The number of aliphatic hydroxyl groups is 5. The van der Waals surface area contributed by atoms with E-state index in [1.165, 1.54) is 40.0 Å². The van der Waals surface area contributed by atoms with Gasteiger partial charge in [0.05, 0.1) is 53.1 Å². The Balaban J connectivity index is 1.63. The zero-order chi connectivity index (χ0) is 53.4. The van der Waals surface area contributed by atoms with Crippen LogP contribution in [0, 0.1) is 18.8 Å². The molecule has 3 heterocycles. The minimum Gasteiger partial charge on any atom is -0.505 e. The number of phenolic OH excluding ortho intramolecular Hbond substituents is 2. The van der Waals surface area contributed by atoms with E-state index in [2.05, 4.69) is 0 Å². The fourth-order valence-electron chi connectivity index (χ4n) is 8.29. The van der Waals surface area contributed by atoms with Crippen molar-refractivity contribution in [3.05, 3.63) is 79.9 Å². The highest BCUT2D eigenvalue weighted by Gasteiger charge is 2.53. The van der Waals surface area contributed by atoms with Crippen LogP contribution < -0.4 is 0 Å². The Hall–Kier alpha value is -3.89. The highest BCUT2D eigenvalue weighted by molar-refractivity contribution is 6.39. The van der Waals surface area contributed by atoms with E-state index in [9.17, 15) is 50.1 Å². The number of phenols is 2. The first kappa shape index (κ1) is 59.7. The van der Waals surface area contributed by atoms with E-state index in [0.717, 1.165) is 0 Å². The van der Waals surface area contributed by atoms with Gasteiger partial charge in [0.2, 0.25) is 0 Å². The van der Waals surface area contributed by atoms with Crippen molar-refractivity contribution in [1.82, 2.24) is 0 Å². The number of rotatable bonds is 12. The number of carbonyl (C=O) groups is 3. The van der Waals surface area contributed by atoms with Crippen LogP contribution in [0.4, 0.5) is 0 Å². The fraction of sp³-hybridized carbons (Fsp3) is 0.627. The molecule has 1 aromatic carbocycles. The predicted molar refractivity (Wildman–Crippen MR) is 260 cm³/mol. The first-order chi connectivity index (χ1) is 33.2. The summed E-state index contributed by atoms with van der Waals surface area (Å²) in [6.07, 6.45) is -5.56. The van der Waals surface area contributed by atoms with Crippen molar-refractivity contribution < 1.29 is 88.0 Å². The van der Waals surface area contributed by atoms with Gasteiger partial charge >= 0.3 is 17.9 Å². The maximum Gasteiger partial charge on any atom is 0.342 e. The molecule has 4 rings (SSSR count). The molecule has 3 aliphatic heterocycles. The molecule has 3 aliphatic rings. The molecule has 14 atom stereocenters. The van der Waals surface area contributed by atoms with Crippen molar-refractivity contribution in [2.75, 3.05) is 13.7 Å². The smallest absolute Gasteiger partial charge is 0.342 e. The summed E-state index contributed by atoms with van der Waals surface area (Å²) < 4.78 is 47.6. The first-order valence-corrected chi connectivity index (χ1v) is 24.4. The van der Waals surface area contributed by atoms with Crippen LogP contribution in [0.2, 0.25) is 10.0 Å². The van der Waals surface area contributed by atoms with Gasteiger partial charge < -0.3 is 73.6 Å². The highest BCUT2D eigenvalue weighted by Crippen LogP contribution is 2.44. The lowest BCUT2D eigenvalue weighted by atomic mass is 9.88. The third kappa shape index (κ3) is 14.7. The minimum atomic E-state index is -1.57. The highest BCUT2D eigenvalue weighted by atomic mass is 35.5. The van der Waals surface area contributed by atoms with Crippen molar-refractivity contribution in [3.63, 3.8) is 0 Å². The summed E-state index contributed by atoms with van der Waals surface area (Å²) in [4.78, 5) is 40.1. The topological polar surface area (TPSA) is 267 Å². The van der Waals surface area contributed by atoms with Crippen LogP contribution in [0.25, 0.3) is 0 Å². The molecular formula is C51H72Cl2O18. The number of hydrogen-bond donors (Lipinski definition) is 7. The van der Waals surface area contributed by atoms with Gasteiger partial charge in [-0.25, -0.2) is 9.59 Å². The molecular weight excluding hydrogens is 971 g/mol. The second-order valence-corrected chi connectivity index (χ2v) is 19.9. The zero-order valence-electron chi connectivity index (χ0n) is 42.3. The van der Waals surface area contributed by atoms with E-state index in [1.807, 2.05) is 32.9 Å². The normalized spacial score (nSPS) is 35.2. The molecule has 7 N–H and O–H groups in total. The maximum atomic E-state index is 13.9. The SMILES string of the molecule is CCC1/C=C(\C)C(O)C/C=C/C=C(\CO[C@@H]2O[C@H](C)[C@@H](OC(=O)c3c(C)c(Cl)c(O)c(Cl)c3O)[C@H](O)[C@@H]2OC)C(=O)OC(C(C)O)C/C=C(C)/C=C(\C)C1O[C@@H]1OC(C)(C)[C@@H](O)[C@H](O)[C@@H]1OC(=O)C(C)C. The number of aliphatic hydroxyl groups excluding tert-OH is 5. The lowest BCUT2D eigenvalue weighted by Gasteiger charge is -2.47. The fourth-order valence-corrected chi connectivity index (χ4v) is 8.71. The van der Waals surface area contributed by atoms with Crippen LogP contribution in [0.5, 0.6) is 11.5 Å². The van der Waals surface area contributed by atoms with E-state index >= 15 is 0 Å². The number of cyclic esters (lactones) is 1. The van der Waals surface area contributed by atoms with E-state index in [0.29, 0.717) is 23.1 Å². The van der Waals surface area contributed by atoms with Gasteiger partial charge in [0.15, 0.2) is 36.3 Å². The molecule has 18 nitrogen and oxygen atoms in total. The standard InChI is InChI=1S/C51H72Cl2O18/c1-13-30-21-25(5)32(55)17-15-14-16-31(22-65-49-43(64-12)39(58)42(29(9)66-49)68-48(63)34-27(7)35(52)38(57)36(53)37(34)56)47(62)67-33(28(8)54)19-18-24(4)20-26(6)41(30)70-50-44(69-46(61)23(2)3)40(59)45(60)51(10,11)71-50/h14-16,18,20-21,23,28-30,32-33,39-45,49-50,54-60H,13,17,19,22H2,1-12H3/b15-14+,24-18+,25-21+,26-20+,31-16+/t28?,29-,30?,32?,33?,39+,40-,41?,42-,43+,44+,45+,49-,50-/m1/s1. The first-order valence-electron chi connectivity index (χ1n) is 23.6. The molecule has 0 aliphatic carbocycles. The number of methoxy groups -OCH3 is 1. The van der Waals surface area contributed by atoms with Crippen molar-refractivity contribution in [3.8, 4) is 11.5 Å². The molecule has 398 valence electrons. The molecule has 0 aromatic heterocycles. The molecule has 20 heteroatoms. The third-order valence-corrected chi connectivity index (χ3v) is 13.6. The zero-order valence-corrected chi connectivity index (χ0v) is 43.8.